The number of Topliss-reactive ketones (excluding diaryl/α,β-unsaturated/α-hetero) is 1. The third-order valence-electron chi connectivity index (χ3n) is 3.03. The number of ketones is 1. The summed E-state index contributed by atoms with van der Waals surface area (Å²) in [6.45, 7) is 4.46. The van der Waals surface area contributed by atoms with E-state index in [9.17, 15) is 4.79 Å². The first-order valence-corrected chi connectivity index (χ1v) is 5.87. The number of ether oxygens (including phenoxy) is 1. The number of carbonyl (C=O) groups is 1. The molecule has 0 bridgehead atoms. The van der Waals surface area contributed by atoms with Crippen molar-refractivity contribution in [3.63, 3.8) is 0 Å². The molecule has 1 aromatic rings. The summed E-state index contributed by atoms with van der Waals surface area (Å²) in [5, 5.41) is 0.651. The molecule has 86 valence electrons. The van der Waals surface area contributed by atoms with Crippen LogP contribution in [-0.4, -0.2) is 18.5 Å². The molecule has 0 aromatic heterocycles. The Morgan fingerprint density at radius 3 is 2.81 bits per heavy atom. The summed E-state index contributed by atoms with van der Waals surface area (Å²) in [6.07, 6.45) is 1.000. The van der Waals surface area contributed by atoms with Crippen LogP contribution in [0.15, 0.2) is 18.2 Å². The molecule has 1 heterocycles. The molecule has 0 N–H and O–H groups in total. The number of rotatable bonds is 2. The Morgan fingerprint density at radius 2 is 2.25 bits per heavy atom. The fourth-order valence-electron chi connectivity index (χ4n) is 1.98. The molecule has 1 saturated heterocycles. The third-order valence-corrected chi connectivity index (χ3v) is 3.43. The van der Waals surface area contributed by atoms with Gasteiger partial charge in [0.1, 0.15) is 0 Å². The first-order chi connectivity index (χ1) is 7.58. The molecule has 0 spiro atoms. The quantitative estimate of drug-likeness (QED) is 0.740. The van der Waals surface area contributed by atoms with Crippen molar-refractivity contribution < 1.29 is 9.53 Å². The van der Waals surface area contributed by atoms with Gasteiger partial charge in [-0.15, -0.1) is 0 Å². The number of aryl methyl sites for hydroxylation is 1. The van der Waals surface area contributed by atoms with Gasteiger partial charge in [-0.25, -0.2) is 0 Å². The summed E-state index contributed by atoms with van der Waals surface area (Å²) in [7, 11) is 0. The summed E-state index contributed by atoms with van der Waals surface area (Å²) >= 11 is 6.01. The van der Waals surface area contributed by atoms with Gasteiger partial charge in [0, 0.05) is 16.5 Å². The second-order valence-corrected chi connectivity index (χ2v) is 4.81. The van der Waals surface area contributed by atoms with Gasteiger partial charge in [-0.1, -0.05) is 23.7 Å². The van der Waals surface area contributed by atoms with Gasteiger partial charge in [-0.3, -0.25) is 4.79 Å². The number of hydrogen-bond acceptors (Lipinski definition) is 2. The van der Waals surface area contributed by atoms with E-state index in [2.05, 4.69) is 0 Å². The second-order valence-electron chi connectivity index (χ2n) is 4.40. The summed E-state index contributed by atoms with van der Waals surface area (Å²) in [5.41, 5.74) is 1.69. The maximum atomic E-state index is 12.1. The van der Waals surface area contributed by atoms with Crippen LogP contribution in [0.25, 0.3) is 0 Å². The molecule has 1 aliphatic heterocycles. The minimum Gasteiger partial charge on any atom is -0.378 e. The van der Waals surface area contributed by atoms with Crippen LogP contribution in [0.5, 0.6) is 0 Å². The predicted molar refractivity (Wildman–Crippen MR) is 64.0 cm³/mol. The van der Waals surface area contributed by atoms with Crippen LogP contribution < -0.4 is 0 Å². The molecule has 1 fully saturated rings. The van der Waals surface area contributed by atoms with Crippen molar-refractivity contribution in [1.29, 1.82) is 0 Å². The lowest BCUT2D eigenvalue weighted by Crippen LogP contribution is -2.14. The van der Waals surface area contributed by atoms with E-state index < -0.39 is 0 Å². The van der Waals surface area contributed by atoms with E-state index in [1.54, 1.807) is 6.07 Å². The number of hydrogen-bond donors (Lipinski definition) is 0. The fraction of sp³-hybridized carbons (Fsp3) is 0.462. The molecule has 0 aliphatic carbocycles. The van der Waals surface area contributed by atoms with Crippen molar-refractivity contribution in [2.45, 2.75) is 26.4 Å². The maximum Gasteiger partial charge on any atom is 0.168 e. The van der Waals surface area contributed by atoms with Gasteiger partial charge in [0.2, 0.25) is 0 Å². The predicted octanol–water partition coefficient (Wildman–Crippen LogP) is 3.26. The molecule has 0 amide bonds. The molecule has 2 nitrogen and oxygen atoms in total. The van der Waals surface area contributed by atoms with Crippen molar-refractivity contribution >= 4 is 17.4 Å². The maximum absolute atomic E-state index is 12.1. The summed E-state index contributed by atoms with van der Waals surface area (Å²) in [4.78, 5) is 12.1. The van der Waals surface area contributed by atoms with E-state index in [0.29, 0.717) is 17.2 Å². The zero-order valence-electron chi connectivity index (χ0n) is 9.50. The van der Waals surface area contributed by atoms with Gasteiger partial charge in [0.25, 0.3) is 0 Å². The molecule has 16 heavy (non-hydrogen) atoms. The van der Waals surface area contributed by atoms with E-state index >= 15 is 0 Å². The zero-order chi connectivity index (χ0) is 11.7. The van der Waals surface area contributed by atoms with Crippen LogP contribution >= 0.6 is 11.6 Å². The van der Waals surface area contributed by atoms with E-state index in [4.69, 9.17) is 16.3 Å². The highest BCUT2D eigenvalue weighted by atomic mass is 35.5. The molecule has 1 aliphatic rings. The van der Waals surface area contributed by atoms with E-state index in [0.717, 1.165) is 12.0 Å². The Kier molecular flexibility index (Phi) is 3.31. The summed E-state index contributed by atoms with van der Waals surface area (Å²) < 4.78 is 5.41. The van der Waals surface area contributed by atoms with Crippen molar-refractivity contribution in [1.82, 2.24) is 0 Å². The monoisotopic (exact) mass is 238 g/mol. The van der Waals surface area contributed by atoms with Crippen LogP contribution in [0.2, 0.25) is 5.02 Å². The molecule has 0 saturated carbocycles. The lowest BCUT2D eigenvalue weighted by Gasteiger charge is -2.07. The van der Waals surface area contributed by atoms with Crippen LogP contribution in [0.3, 0.4) is 0 Å². The second kappa shape index (κ2) is 4.56. The minimum atomic E-state index is -0.00577. The minimum absolute atomic E-state index is 0.00577. The van der Waals surface area contributed by atoms with Crippen LogP contribution in [0.4, 0.5) is 0 Å². The zero-order valence-corrected chi connectivity index (χ0v) is 10.3. The molecular weight excluding hydrogens is 224 g/mol. The standard InChI is InChI=1S/C13H15ClO2/c1-8-3-4-10(6-12(8)14)13(15)11-5-9(2)16-7-11/h3-4,6,9,11H,5,7H2,1-2H3. The summed E-state index contributed by atoms with van der Waals surface area (Å²) in [5.74, 6) is 0.139. The lowest BCUT2D eigenvalue weighted by atomic mass is 9.95. The Hall–Kier alpha value is -0.860. The smallest absolute Gasteiger partial charge is 0.168 e. The van der Waals surface area contributed by atoms with Crippen molar-refractivity contribution in [3.05, 3.63) is 34.3 Å². The van der Waals surface area contributed by atoms with E-state index in [1.165, 1.54) is 0 Å². The first kappa shape index (κ1) is 11.6. The molecule has 0 radical (unpaired) electrons. The van der Waals surface area contributed by atoms with Gasteiger partial charge >= 0.3 is 0 Å². The van der Waals surface area contributed by atoms with Gasteiger partial charge < -0.3 is 4.74 Å². The number of halogens is 1. The Labute approximate surface area is 101 Å². The Bertz CT molecular complexity index is 414. The summed E-state index contributed by atoms with van der Waals surface area (Å²) in [6, 6.07) is 5.48. The van der Waals surface area contributed by atoms with Crippen LogP contribution in [0, 0.1) is 12.8 Å². The lowest BCUT2D eigenvalue weighted by molar-refractivity contribution is 0.0877. The highest BCUT2D eigenvalue weighted by molar-refractivity contribution is 6.31. The largest absolute Gasteiger partial charge is 0.378 e. The van der Waals surface area contributed by atoms with Crippen molar-refractivity contribution in [2.24, 2.45) is 5.92 Å². The molecular formula is C13H15ClO2. The highest BCUT2D eigenvalue weighted by Gasteiger charge is 2.28. The number of carbonyl (C=O) groups excluding carboxylic acids is 1. The Morgan fingerprint density at radius 1 is 1.50 bits per heavy atom. The van der Waals surface area contributed by atoms with E-state index in [-0.39, 0.29) is 17.8 Å². The van der Waals surface area contributed by atoms with Crippen molar-refractivity contribution in [2.75, 3.05) is 6.61 Å². The Balaban J connectivity index is 2.18. The van der Waals surface area contributed by atoms with Gasteiger partial charge in [0.05, 0.1) is 12.7 Å². The molecule has 2 unspecified atom stereocenters. The average Bonchev–Trinajstić information content (AvgIpc) is 2.68. The van der Waals surface area contributed by atoms with E-state index in [1.807, 2.05) is 26.0 Å². The van der Waals surface area contributed by atoms with Crippen molar-refractivity contribution in [3.8, 4) is 0 Å². The third kappa shape index (κ3) is 2.28. The van der Waals surface area contributed by atoms with Crippen LogP contribution in [0.1, 0.15) is 29.3 Å². The first-order valence-electron chi connectivity index (χ1n) is 5.50. The molecule has 1 aromatic carbocycles. The van der Waals surface area contributed by atoms with Gasteiger partial charge in [-0.2, -0.15) is 0 Å². The SMILES string of the molecule is Cc1ccc(C(=O)C2COC(C)C2)cc1Cl. The fourth-order valence-corrected chi connectivity index (χ4v) is 2.16. The van der Waals surface area contributed by atoms with Gasteiger partial charge in [-0.05, 0) is 31.9 Å². The number of benzene rings is 1. The topological polar surface area (TPSA) is 26.3 Å². The average molecular weight is 239 g/mol. The molecule has 3 heteroatoms. The molecule has 2 rings (SSSR count). The highest BCUT2D eigenvalue weighted by Crippen LogP contribution is 2.25. The normalized spacial score (nSPS) is 24.7. The van der Waals surface area contributed by atoms with Gasteiger partial charge in [0.15, 0.2) is 5.78 Å². The molecule has 2 atom stereocenters. The van der Waals surface area contributed by atoms with Crippen LogP contribution in [-0.2, 0) is 4.74 Å².